The van der Waals surface area contributed by atoms with Gasteiger partial charge in [-0.1, -0.05) is 18.9 Å². The number of rotatable bonds is 5. The Labute approximate surface area is 154 Å². The number of nitrogens with one attached hydrogen (secondary N) is 1. The highest BCUT2D eigenvalue weighted by Crippen LogP contribution is 2.20. The lowest BCUT2D eigenvalue weighted by molar-refractivity contribution is -0.127. The molecule has 1 saturated heterocycles. The topological polar surface area (TPSA) is 69.7 Å². The minimum atomic E-state index is -3.71. The maximum atomic E-state index is 13.4. The Kier molecular flexibility index (Phi) is 5.94. The average Bonchev–Trinajstić information content (AvgIpc) is 3.14. The lowest BCUT2D eigenvalue weighted by Gasteiger charge is -2.37. The van der Waals surface area contributed by atoms with Crippen molar-refractivity contribution in [1.82, 2.24) is 14.5 Å². The fourth-order valence-electron chi connectivity index (χ4n) is 3.67. The van der Waals surface area contributed by atoms with Crippen LogP contribution in [0.4, 0.5) is 4.39 Å². The third-order valence-corrected chi connectivity index (χ3v) is 7.23. The summed E-state index contributed by atoms with van der Waals surface area (Å²) in [6.45, 7) is 3.41. The number of carbonyl (C=O) groups excluding carboxylic acids is 1. The minimum absolute atomic E-state index is 0.0123. The summed E-state index contributed by atoms with van der Waals surface area (Å²) in [4.78, 5) is 14.4. The molecular formula is C18H26FN3O3S. The lowest BCUT2D eigenvalue weighted by atomic mass is 10.2. The number of amides is 1. The van der Waals surface area contributed by atoms with E-state index in [4.69, 9.17) is 0 Å². The van der Waals surface area contributed by atoms with Crippen LogP contribution in [0.25, 0.3) is 0 Å². The van der Waals surface area contributed by atoms with Crippen molar-refractivity contribution >= 4 is 15.9 Å². The van der Waals surface area contributed by atoms with Crippen LogP contribution in [0.5, 0.6) is 0 Å². The molecule has 144 valence electrons. The summed E-state index contributed by atoms with van der Waals surface area (Å²) < 4.78 is 40.0. The molecular weight excluding hydrogens is 357 g/mol. The van der Waals surface area contributed by atoms with Gasteiger partial charge in [-0.05, 0) is 38.0 Å². The van der Waals surface area contributed by atoms with E-state index in [-0.39, 0.29) is 22.9 Å². The summed E-state index contributed by atoms with van der Waals surface area (Å²) in [6, 6.07) is 5.06. The molecule has 2 fully saturated rings. The van der Waals surface area contributed by atoms with Gasteiger partial charge in [0, 0.05) is 32.2 Å². The third kappa shape index (κ3) is 4.24. The molecule has 1 N–H and O–H groups in total. The van der Waals surface area contributed by atoms with Crippen LogP contribution < -0.4 is 5.32 Å². The van der Waals surface area contributed by atoms with Gasteiger partial charge in [0.25, 0.3) is 0 Å². The number of carbonyl (C=O) groups is 1. The number of nitrogens with zero attached hydrogens (tertiary/aromatic N) is 2. The first-order chi connectivity index (χ1) is 12.4. The molecule has 1 heterocycles. The maximum absolute atomic E-state index is 13.4. The first kappa shape index (κ1) is 19.3. The highest BCUT2D eigenvalue weighted by molar-refractivity contribution is 7.89. The second-order valence-electron chi connectivity index (χ2n) is 7.06. The van der Waals surface area contributed by atoms with Gasteiger partial charge in [0.1, 0.15) is 5.82 Å². The van der Waals surface area contributed by atoms with E-state index in [1.165, 1.54) is 22.5 Å². The van der Waals surface area contributed by atoms with Crippen LogP contribution in [0.3, 0.4) is 0 Å². The predicted molar refractivity (Wildman–Crippen MR) is 96.6 cm³/mol. The van der Waals surface area contributed by atoms with Crippen molar-refractivity contribution in [3.05, 3.63) is 30.1 Å². The Morgan fingerprint density at radius 2 is 1.85 bits per heavy atom. The Morgan fingerprint density at radius 1 is 1.19 bits per heavy atom. The largest absolute Gasteiger partial charge is 0.352 e. The number of sulfonamides is 1. The molecule has 1 aliphatic carbocycles. The second kappa shape index (κ2) is 8.02. The van der Waals surface area contributed by atoms with Gasteiger partial charge in [0.05, 0.1) is 10.9 Å². The Hall–Kier alpha value is -1.51. The van der Waals surface area contributed by atoms with Gasteiger partial charge >= 0.3 is 0 Å². The van der Waals surface area contributed by atoms with Crippen molar-refractivity contribution in [2.75, 3.05) is 26.2 Å². The number of piperazine rings is 1. The molecule has 6 nitrogen and oxygen atoms in total. The SMILES string of the molecule is C[C@H](C(=O)NC1CCCC1)N1CCN(S(=O)(=O)c2cccc(F)c2)CC1. The molecule has 0 unspecified atom stereocenters. The maximum Gasteiger partial charge on any atom is 0.243 e. The van der Waals surface area contributed by atoms with Gasteiger partial charge < -0.3 is 5.32 Å². The predicted octanol–water partition coefficient (Wildman–Crippen LogP) is 1.58. The van der Waals surface area contributed by atoms with Crippen LogP contribution in [-0.2, 0) is 14.8 Å². The molecule has 1 aromatic carbocycles. The minimum Gasteiger partial charge on any atom is -0.352 e. The summed E-state index contributed by atoms with van der Waals surface area (Å²) in [5.74, 6) is -0.555. The zero-order valence-corrected chi connectivity index (χ0v) is 15.8. The van der Waals surface area contributed by atoms with E-state index >= 15 is 0 Å². The van der Waals surface area contributed by atoms with Crippen molar-refractivity contribution in [3.8, 4) is 0 Å². The van der Waals surface area contributed by atoms with Crippen molar-refractivity contribution in [2.24, 2.45) is 0 Å². The van der Waals surface area contributed by atoms with Gasteiger partial charge in [-0.25, -0.2) is 12.8 Å². The highest BCUT2D eigenvalue weighted by atomic mass is 32.2. The number of halogens is 1. The summed E-state index contributed by atoms with van der Waals surface area (Å²) in [6.07, 6.45) is 4.40. The van der Waals surface area contributed by atoms with E-state index < -0.39 is 15.8 Å². The molecule has 0 spiro atoms. The Balaban J connectivity index is 1.57. The van der Waals surface area contributed by atoms with Crippen molar-refractivity contribution in [2.45, 2.75) is 49.6 Å². The molecule has 1 saturated carbocycles. The van der Waals surface area contributed by atoms with Crippen LogP contribution in [0, 0.1) is 5.82 Å². The molecule has 0 radical (unpaired) electrons. The second-order valence-corrected chi connectivity index (χ2v) is 9.00. The molecule has 8 heteroatoms. The fourth-order valence-corrected chi connectivity index (χ4v) is 5.12. The van der Waals surface area contributed by atoms with Crippen molar-refractivity contribution < 1.29 is 17.6 Å². The van der Waals surface area contributed by atoms with Crippen molar-refractivity contribution in [3.63, 3.8) is 0 Å². The van der Waals surface area contributed by atoms with Gasteiger partial charge in [-0.2, -0.15) is 4.31 Å². The van der Waals surface area contributed by atoms with E-state index in [0.717, 1.165) is 31.7 Å². The zero-order valence-electron chi connectivity index (χ0n) is 15.0. The van der Waals surface area contributed by atoms with Gasteiger partial charge in [0.2, 0.25) is 15.9 Å². The smallest absolute Gasteiger partial charge is 0.243 e. The van der Waals surface area contributed by atoms with Gasteiger partial charge in [0.15, 0.2) is 0 Å². The number of hydrogen-bond acceptors (Lipinski definition) is 4. The Morgan fingerprint density at radius 3 is 2.46 bits per heavy atom. The Bertz CT molecular complexity index is 742. The fraction of sp³-hybridized carbons (Fsp3) is 0.611. The van der Waals surface area contributed by atoms with E-state index in [2.05, 4.69) is 5.32 Å². The first-order valence-corrected chi connectivity index (χ1v) is 10.6. The summed E-state index contributed by atoms with van der Waals surface area (Å²) in [5, 5.41) is 3.10. The number of benzene rings is 1. The molecule has 0 bridgehead atoms. The van der Waals surface area contributed by atoms with Gasteiger partial charge in [-0.3, -0.25) is 9.69 Å². The molecule has 1 aliphatic heterocycles. The average molecular weight is 383 g/mol. The number of hydrogen-bond donors (Lipinski definition) is 1. The van der Waals surface area contributed by atoms with E-state index in [0.29, 0.717) is 26.2 Å². The zero-order chi connectivity index (χ0) is 18.7. The van der Waals surface area contributed by atoms with Crippen LogP contribution in [-0.4, -0.2) is 61.8 Å². The van der Waals surface area contributed by atoms with Crippen LogP contribution in [0.15, 0.2) is 29.2 Å². The van der Waals surface area contributed by atoms with E-state index in [9.17, 15) is 17.6 Å². The summed E-state index contributed by atoms with van der Waals surface area (Å²) in [7, 11) is -3.71. The molecule has 1 atom stereocenters. The quantitative estimate of drug-likeness (QED) is 0.838. The molecule has 0 aromatic heterocycles. The molecule has 1 aromatic rings. The van der Waals surface area contributed by atoms with Crippen LogP contribution >= 0.6 is 0 Å². The van der Waals surface area contributed by atoms with Crippen LogP contribution in [0.2, 0.25) is 0 Å². The standard InChI is InChI=1S/C18H26FN3O3S/c1-14(18(23)20-16-6-2-3-7-16)21-9-11-22(12-10-21)26(24,25)17-8-4-5-15(19)13-17/h4-5,8,13-14,16H,2-3,6-7,9-12H2,1H3,(H,20,23)/t14-/m1/s1. The summed E-state index contributed by atoms with van der Waals surface area (Å²) in [5.41, 5.74) is 0. The molecule has 1 amide bonds. The monoisotopic (exact) mass is 383 g/mol. The first-order valence-electron chi connectivity index (χ1n) is 9.18. The highest BCUT2D eigenvalue weighted by Gasteiger charge is 2.32. The molecule has 26 heavy (non-hydrogen) atoms. The lowest BCUT2D eigenvalue weighted by Crippen LogP contribution is -2.55. The van der Waals surface area contributed by atoms with Crippen LogP contribution in [0.1, 0.15) is 32.6 Å². The summed E-state index contributed by atoms with van der Waals surface area (Å²) >= 11 is 0. The van der Waals surface area contributed by atoms with Gasteiger partial charge in [-0.15, -0.1) is 0 Å². The van der Waals surface area contributed by atoms with Crippen molar-refractivity contribution in [1.29, 1.82) is 0 Å². The molecule has 3 rings (SSSR count). The third-order valence-electron chi connectivity index (χ3n) is 5.34. The van der Waals surface area contributed by atoms with E-state index in [1.54, 1.807) is 0 Å². The van der Waals surface area contributed by atoms with E-state index in [1.807, 2.05) is 11.8 Å². The normalized spacial score (nSPS) is 21.6. The molecule has 2 aliphatic rings.